The maximum absolute atomic E-state index is 12.1. The number of fused-ring (bicyclic) bond motifs is 1. The van der Waals surface area contributed by atoms with Gasteiger partial charge in [0, 0.05) is 0 Å². The molecule has 14 N–H and O–H groups in total. The van der Waals surface area contributed by atoms with Crippen molar-refractivity contribution in [1.82, 2.24) is 0 Å². The lowest BCUT2D eigenvalue weighted by molar-refractivity contribution is -0.463. The van der Waals surface area contributed by atoms with Crippen molar-refractivity contribution in [2.24, 2.45) is 17.2 Å². The summed E-state index contributed by atoms with van der Waals surface area (Å²) in [4.78, 5) is 24.0. The van der Waals surface area contributed by atoms with Gasteiger partial charge in [-0.05, 0) is 0 Å². The lowest BCUT2D eigenvalue weighted by Crippen LogP contribution is -2.78. The van der Waals surface area contributed by atoms with E-state index in [-0.39, 0.29) is 0 Å². The van der Waals surface area contributed by atoms with Crippen molar-refractivity contribution in [2.75, 3.05) is 19.8 Å². The Kier molecular flexibility index (Phi) is 9.53. The molecule has 4 saturated heterocycles. The third-order valence-corrected chi connectivity index (χ3v) is 7.38. The fourth-order valence-electron chi connectivity index (χ4n) is 5.03. The molecule has 4 heterocycles. The lowest BCUT2D eigenvalue weighted by Gasteiger charge is -2.53. The van der Waals surface area contributed by atoms with Crippen molar-refractivity contribution < 1.29 is 83.6 Å². The van der Waals surface area contributed by atoms with Crippen LogP contribution in [0.1, 0.15) is 6.42 Å². The van der Waals surface area contributed by atoms with Gasteiger partial charge in [-0.1, -0.05) is 0 Å². The van der Waals surface area contributed by atoms with E-state index in [9.17, 15) is 50.4 Å². The van der Waals surface area contributed by atoms with Gasteiger partial charge in [0.25, 0.3) is 0 Å². The molecule has 0 saturated carbocycles. The predicted molar refractivity (Wildman–Crippen MR) is 122 cm³/mol. The zero-order chi connectivity index (χ0) is 30.4. The van der Waals surface area contributed by atoms with Crippen molar-refractivity contribution in [3.8, 4) is 0 Å². The molecule has 236 valence electrons. The largest absolute Gasteiger partial charge is 0.422 e. The molecule has 20 nitrogen and oxygen atoms in total. The van der Waals surface area contributed by atoms with Crippen molar-refractivity contribution in [2.45, 2.75) is 97.7 Å². The summed E-state index contributed by atoms with van der Waals surface area (Å²) in [5, 5.41) is 82.5. The zero-order valence-electron chi connectivity index (χ0n) is 21.3. The molecule has 0 aromatic rings. The van der Waals surface area contributed by atoms with Crippen LogP contribution in [0.5, 0.6) is 0 Å². The van der Waals surface area contributed by atoms with Gasteiger partial charge in [0.2, 0.25) is 0 Å². The van der Waals surface area contributed by atoms with Crippen LogP contribution in [0, 0.1) is 0 Å². The first-order valence-electron chi connectivity index (χ1n) is 12.5. The average molecular weight is 602 g/mol. The highest BCUT2D eigenvalue weighted by Crippen LogP contribution is 2.43. The molecule has 0 amide bonds. The number of nitrogens with two attached hydrogens (primary N) is 3. The Labute approximate surface area is 231 Å². The molecule has 15 atom stereocenters. The fourth-order valence-corrected chi connectivity index (χ4v) is 5.03. The van der Waals surface area contributed by atoms with E-state index >= 15 is 0 Å². The summed E-state index contributed by atoms with van der Waals surface area (Å²) in [5.74, 6) is -8.69. The maximum Gasteiger partial charge on any atom is 0.320 e. The number of ether oxygens (including phenoxy) is 7. The molecule has 4 fully saturated rings. The Bertz CT molecular complexity index is 960. The summed E-state index contributed by atoms with van der Waals surface area (Å²) in [5.41, 5.74) is 17.7. The second-order valence-electron chi connectivity index (χ2n) is 10.1. The van der Waals surface area contributed by atoms with Gasteiger partial charge in [-0.25, -0.2) is 0 Å². The first-order chi connectivity index (χ1) is 19.2. The quantitative estimate of drug-likeness (QED) is 0.0952. The Morgan fingerprint density at radius 3 is 1.90 bits per heavy atom. The van der Waals surface area contributed by atoms with Crippen molar-refractivity contribution >= 4 is 11.9 Å². The number of esters is 2. The minimum Gasteiger partial charge on any atom is -0.422 e. The summed E-state index contributed by atoms with van der Waals surface area (Å²) in [6, 6.07) is -4.63. The molecule has 0 spiro atoms. The average Bonchev–Trinajstić information content (AvgIpc) is 3.03. The van der Waals surface area contributed by atoms with Crippen LogP contribution in [-0.4, -0.2) is 164 Å². The van der Waals surface area contributed by atoms with E-state index in [1.54, 1.807) is 0 Å². The smallest absolute Gasteiger partial charge is 0.320 e. The van der Waals surface area contributed by atoms with Crippen LogP contribution >= 0.6 is 0 Å². The molecule has 0 bridgehead atoms. The van der Waals surface area contributed by atoms with Crippen LogP contribution in [0.15, 0.2) is 0 Å². The summed E-state index contributed by atoms with van der Waals surface area (Å²) >= 11 is 0. The van der Waals surface area contributed by atoms with Gasteiger partial charge < -0.3 is 91.2 Å². The van der Waals surface area contributed by atoms with E-state index in [0.717, 1.165) is 0 Å². The number of carbonyl (C=O) groups excluding carboxylic acids is 2. The van der Waals surface area contributed by atoms with E-state index in [1.807, 2.05) is 0 Å². The molecule has 4 aliphatic heterocycles. The minimum absolute atomic E-state index is 0.719. The highest BCUT2D eigenvalue weighted by Gasteiger charge is 2.71. The normalized spacial score (nSPS) is 50.9. The highest BCUT2D eigenvalue weighted by atomic mass is 16.8. The molecule has 0 aliphatic carbocycles. The van der Waals surface area contributed by atoms with Crippen LogP contribution in [0.2, 0.25) is 0 Å². The third kappa shape index (κ3) is 5.56. The number of hydrogen-bond acceptors (Lipinski definition) is 20. The van der Waals surface area contributed by atoms with Gasteiger partial charge in [-0.15, -0.1) is 0 Å². The lowest BCUT2D eigenvalue weighted by atomic mass is 9.90. The van der Waals surface area contributed by atoms with E-state index in [4.69, 9.17) is 50.4 Å². The summed E-state index contributed by atoms with van der Waals surface area (Å²) in [7, 11) is 0. The van der Waals surface area contributed by atoms with Gasteiger partial charge in [0.1, 0.15) is 55.8 Å². The Morgan fingerprint density at radius 1 is 0.780 bits per heavy atom. The number of hydrogen-bond donors (Lipinski definition) is 11. The van der Waals surface area contributed by atoms with Gasteiger partial charge in [-0.3, -0.25) is 9.59 Å². The van der Waals surface area contributed by atoms with Crippen LogP contribution in [0.3, 0.4) is 0 Å². The van der Waals surface area contributed by atoms with E-state index in [1.165, 1.54) is 0 Å². The number of aliphatic hydroxyl groups is 8. The molecule has 0 aromatic heterocycles. The van der Waals surface area contributed by atoms with E-state index in [2.05, 4.69) is 0 Å². The number of carbonyl (C=O) groups is 2. The molecule has 20 heteroatoms. The standard InChI is InChI=1S/C21H35N3O17/c22-9-12(30)14(5(2-25)35-17(9)33)37-18-10(23)13(31)15(6(3-26)36-18)38-19-11(24)16(32)21(34)20(4-27,41-19)39-7(28)1-8(29)40-21/h5-6,9-19,25-27,30-34H,1-4,22-24H2/t5-,6-,9-,10-,11-,12-,13-,14?,15?,16-,17-,18+,19+,20+,21+/m1/s1. The maximum atomic E-state index is 12.1. The molecular weight excluding hydrogens is 566 g/mol. The minimum atomic E-state index is -3.17. The molecule has 4 aliphatic rings. The van der Waals surface area contributed by atoms with Crippen LogP contribution in [0.25, 0.3) is 0 Å². The summed E-state index contributed by atoms with van der Waals surface area (Å²) in [6.45, 7) is -2.93. The van der Waals surface area contributed by atoms with Crippen LogP contribution < -0.4 is 17.2 Å². The molecule has 0 aromatic carbocycles. The molecule has 4 rings (SSSR count). The Morgan fingerprint density at radius 2 is 1.32 bits per heavy atom. The zero-order valence-corrected chi connectivity index (χ0v) is 21.3. The van der Waals surface area contributed by atoms with E-state index in [0.29, 0.717) is 0 Å². The van der Waals surface area contributed by atoms with Crippen molar-refractivity contribution in [3.63, 3.8) is 0 Å². The highest BCUT2D eigenvalue weighted by molar-refractivity contribution is 5.92. The van der Waals surface area contributed by atoms with Gasteiger partial charge in [0.15, 0.2) is 18.9 Å². The third-order valence-electron chi connectivity index (χ3n) is 7.38. The SMILES string of the molecule is N[C@H]1[C@@H](OC2[C@@H](CO)O[C@@H](OC3[C@@H](CO)O[C@@H](O)[C@H](N)[C@H]3O)[C@H](N)[C@H]2O)O[C@]2(CO)OC(=O)CC(=O)O[C@@]2(O)[C@@H]1O. The van der Waals surface area contributed by atoms with E-state index < -0.39 is 129 Å². The Hall–Kier alpha value is -1.70. The van der Waals surface area contributed by atoms with Gasteiger partial charge >= 0.3 is 23.5 Å². The second kappa shape index (κ2) is 12.1. The first kappa shape index (κ1) is 32.2. The summed E-state index contributed by atoms with van der Waals surface area (Å²) in [6.07, 6.45) is -17.5. The molecular formula is C21H35N3O17. The van der Waals surface area contributed by atoms with Gasteiger partial charge in [-0.2, -0.15) is 0 Å². The topological polar surface area (TPSA) is 339 Å². The molecule has 41 heavy (non-hydrogen) atoms. The second-order valence-corrected chi connectivity index (χ2v) is 10.1. The molecule has 2 unspecified atom stereocenters. The number of aliphatic hydroxyl groups excluding tert-OH is 7. The molecule has 0 radical (unpaired) electrons. The fraction of sp³-hybridized carbons (Fsp3) is 0.905. The van der Waals surface area contributed by atoms with Crippen molar-refractivity contribution in [3.05, 3.63) is 0 Å². The predicted octanol–water partition coefficient (Wildman–Crippen LogP) is -8.53. The van der Waals surface area contributed by atoms with Gasteiger partial charge in [0.05, 0.1) is 31.3 Å². The van der Waals surface area contributed by atoms with Crippen LogP contribution in [0.4, 0.5) is 0 Å². The number of rotatable bonds is 7. The van der Waals surface area contributed by atoms with Crippen LogP contribution in [-0.2, 0) is 42.7 Å². The van der Waals surface area contributed by atoms with Crippen molar-refractivity contribution in [1.29, 1.82) is 0 Å². The monoisotopic (exact) mass is 601 g/mol. The first-order valence-corrected chi connectivity index (χ1v) is 12.5. The summed E-state index contributed by atoms with van der Waals surface area (Å²) < 4.78 is 37.2. The Balaban J connectivity index is 1.54.